The fourth-order valence-electron chi connectivity index (χ4n) is 1.32. The van der Waals surface area contributed by atoms with E-state index in [0.29, 0.717) is 5.69 Å². The summed E-state index contributed by atoms with van der Waals surface area (Å²) in [6.45, 7) is 0. The normalized spacial score (nSPS) is 10.9. The number of halogens is 1. The van der Waals surface area contributed by atoms with Gasteiger partial charge in [-0.2, -0.15) is 0 Å². The average molecular weight is 215 g/mol. The number of amides is 1. The summed E-state index contributed by atoms with van der Waals surface area (Å²) in [5.74, 6) is -0.415. The summed E-state index contributed by atoms with van der Waals surface area (Å²) in [5, 5.41) is 0. The van der Waals surface area contributed by atoms with Crippen LogP contribution in [0, 0.1) is 0 Å². The lowest BCUT2D eigenvalue weighted by molar-refractivity contribution is 0.0993. The first-order valence-electron chi connectivity index (χ1n) is 3.64. The van der Waals surface area contributed by atoms with Gasteiger partial charge in [-0.15, -0.1) is 11.3 Å². The number of carbonyl (C=O) groups excluding carboxylic acids is 1. The van der Waals surface area contributed by atoms with Crippen LogP contribution in [0.4, 0.5) is 0 Å². The molecular formula is C8H7ClN2OS. The van der Waals surface area contributed by atoms with Crippen LogP contribution < -0.4 is 5.73 Å². The largest absolute Gasteiger partial charge is 0.364 e. The van der Waals surface area contributed by atoms with Crippen molar-refractivity contribution in [3.8, 4) is 0 Å². The summed E-state index contributed by atoms with van der Waals surface area (Å²) < 4.78 is 3.46. The number of thiophene rings is 1. The first kappa shape index (κ1) is 8.59. The fourth-order valence-corrected chi connectivity index (χ4v) is 2.52. The maximum absolute atomic E-state index is 10.9. The maximum atomic E-state index is 10.9. The minimum absolute atomic E-state index is 0.415. The number of rotatable bonds is 1. The molecule has 0 unspecified atom stereocenters. The van der Waals surface area contributed by atoms with Crippen LogP contribution in [0.25, 0.3) is 10.2 Å². The number of aryl methyl sites for hydroxylation is 1. The van der Waals surface area contributed by atoms with E-state index in [2.05, 4.69) is 0 Å². The third-order valence-corrected chi connectivity index (χ3v) is 3.15. The summed E-state index contributed by atoms with van der Waals surface area (Å²) in [7, 11) is 1.80. The van der Waals surface area contributed by atoms with Gasteiger partial charge in [0, 0.05) is 7.05 Å². The zero-order chi connectivity index (χ0) is 9.59. The minimum atomic E-state index is -0.415. The highest BCUT2D eigenvalue weighted by Gasteiger charge is 2.12. The smallest absolute Gasteiger partial charge is 0.265 e. The highest BCUT2D eigenvalue weighted by molar-refractivity contribution is 7.22. The topological polar surface area (TPSA) is 48.0 Å². The number of aromatic nitrogens is 1. The molecule has 68 valence electrons. The van der Waals surface area contributed by atoms with E-state index >= 15 is 0 Å². The van der Waals surface area contributed by atoms with Gasteiger partial charge >= 0.3 is 0 Å². The molecule has 0 radical (unpaired) electrons. The second-order valence-electron chi connectivity index (χ2n) is 2.75. The van der Waals surface area contributed by atoms with Crippen LogP contribution in [0.1, 0.15) is 10.5 Å². The molecule has 0 aliphatic rings. The van der Waals surface area contributed by atoms with E-state index in [0.717, 1.165) is 14.6 Å². The molecule has 5 heteroatoms. The van der Waals surface area contributed by atoms with Gasteiger partial charge in [-0.1, -0.05) is 11.6 Å². The van der Waals surface area contributed by atoms with Crippen molar-refractivity contribution in [1.29, 1.82) is 0 Å². The van der Waals surface area contributed by atoms with Gasteiger partial charge < -0.3 is 10.3 Å². The average Bonchev–Trinajstić information content (AvgIpc) is 2.51. The number of fused-ring (bicyclic) bond motifs is 1. The van der Waals surface area contributed by atoms with Crippen molar-refractivity contribution in [3.05, 3.63) is 22.2 Å². The van der Waals surface area contributed by atoms with Gasteiger partial charge in [0.2, 0.25) is 0 Å². The quantitative estimate of drug-likeness (QED) is 0.776. The predicted octanol–water partition coefficient (Wildman–Crippen LogP) is 1.99. The Morgan fingerprint density at radius 3 is 2.85 bits per heavy atom. The molecule has 0 spiro atoms. The highest BCUT2D eigenvalue weighted by Crippen LogP contribution is 2.31. The standard InChI is InChI=1S/C8H7ClN2OS/c1-11-4-3-7(9)13-6(4)2-5(11)8(10)12/h2-3H,1H3,(H2,10,12). The zero-order valence-electron chi connectivity index (χ0n) is 6.87. The van der Waals surface area contributed by atoms with E-state index in [1.54, 1.807) is 17.7 Å². The molecule has 0 fully saturated rings. The summed E-state index contributed by atoms with van der Waals surface area (Å²) in [6, 6.07) is 3.59. The lowest BCUT2D eigenvalue weighted by Crippen LogP contribution is -2.14. The number of hydrogen-bond acceptors (Lipinski definition) is 2. The van der Waals surface area contributed by atoms with E-state index in [1.807, 2.05) is 6.07 Å². The first-order valence-corrected chi connectivity index (χ1v) is 4.83. The molecule has 0 bridgehead atoms. The Bertz CT molecular complexity index is 486. The van der Waals surface area contributed by atoms with Gasteiger partial charge in [-0.25, -0.2) is 0 Å². The first-order chi connectivity index (χ1) is 6.09. The van der Waals surface area contributed by atoms with Crippen molar-refractivity contribution in [2.24, 2.45) is 12.8 Å². The Balaban J connectivity index is 2.76. The molecule has 0 saturated carbocycles. The molecule has 2 heterocycles. The van der Waals surface area contributed by atoms with Crippen molar-refractivity contribution in [3.63, 3.8) is 0 Å². The van der Waals surface area contributed by atoms with Gasteiger partial charge in [-0.3, -0.25) is 4.79 Å². The molecule has 3 nitrogen and oxygen atoms in total. The van der Waals surface area contributed by atoms with Crippen molar-refractivity contribution < 1.29 is 4.79 Å². The van der Waals surface area contributed by atoms with Crippen LogP contribution in [-0.2, 0) is 7.05 Å². The zero-order valence-corrected chi connectivity index (χ0v) is 8.45. The lowest BCUT2D eigenvalue weighted by atomic mass is 10.4. The molecule has 2 aromatic heterocycles. The third-order valence-electron chi connectivity index (χ3n) is 1.95. The highest BCUT2D eigenvalue weighted by atomic mass is 35.5. The van der Waals surface area contributed by atoms with Crippen molar-refractivity contribution >= 4 is 39.1 Å². The second-order valence-corrected chi connectivity index (χ2v) is 4.47. The van der Waals surface area contributed by atoms with Crippen LogP contribution in [-0.4, -0.2) is 10.5 Å². The van der Waals surface area contributed by atoms with Gasteiger partial charge in [-0.05, 0) is 12.1 Å². The van der Waals surface area contributed by atoms with Crippen LogP contribution in [0.5, 0.6) is 0 Å². The van der Waals surface area contributed by atoms with Crippen molar-refractivity contribution in [2.75, 3.05) is 0 Å². The Morgan fingerprint density at radius 1 is 1.62 bits per heavy atom. The van der Waals surface area contributed by atoms with Gasteiger partial charge in [0.1, 0.15) is 5.69 Å². The molecule has 0 aliphatic heterocycles. The second kappa shape index (κ2) is 2.75. The van der Waals surface area contributed by atoms with E-state index < -0.39 is 5.91 Å². The molecule has 0 aliphatic carbocycles. The van der Waals surface area contributed by atoms with Crippen LogP contribution in [0.2, 0.25) is 4.34 Å². The predicted molar refractivity (Wildman–Crippen MR) is 54.3 cm³/mol. The van der Waals surface area contributed by atoms with E-state index in [1.165, 1.54) is 11.3 Å². The van der Waals surface area contributed by atoms with Crippen LogP contribution in [0.3, 0.4) is 0 Å². The Hall–Kier alpha value is -1.00. The molecule has 0 aromatic carbocycles. The van der Waals surface area contributed by atoms with Crippen molar-refractivity contribution in [2.45, 2.75) is 0 Å². The number of primary amides is 1. The monoisotopic (exact) mass is 214 g/mol. The molecule has 2 aromatic rings. The molecule has 0 atom stereocenters. The van der Waals surface area contributed by atoms with E-state index in [-0.39, 0.29) is 0 Å². The Labute approximate surface area is 83.7 Å². The Kier molecular flexibility index (Phi) is 1.82. The van der Waals surface area contributed by atoms with E-state index in [4.69, 9.17) is 17.3 Å². The van der Waals surface area contributed by atoms with Gasteiger partial charge in [0.15, 0.2) is 0 Å². The molecule has 0 saturated heterocycles. The van der Waals surface area contributed by atoms with Crippen LogP contribution >= 0.6 is 22.9 Å². The molecule has 2 rings (SSSR count). The lowest BCUT2D eigenvalue weighted by Gasteiger charge is -1.97. The number of nitrogens with two attached hydrogens (primary N) is 1. The third kappa shape index (κ3) is 1.22. The SMILES string of the molecule is Cn1c(C(N)=O)cc2sc(Cl)cc21. The fraction of sp³-hybridized carbons (Fsp3) is 0.125. The number of carbonyl (C=O) groups is 1. The summed E-state index contributed by atoms with van der Waals surface area (Å²) in [4.78, 5) is 10.9. The molecule has 1 amide bonds. The maximum Gasteiger partial charge on any atom is 0.265 e. The van der Waals surface area contributed by atoms with Gasteiger partial charge in [0.25, 0.3) is 5.91 Å². The van der Waals surface area contributed by atoms with Gasteiger partial charge in [0.05, 0.1) is 14.6 Å². The van der Waals surface area contributed by atoms with Crippen molar-refractivity contribution in [1.82, 2.24) is 4.57 Å². The minimum Gasteiger partial charge on any atom is -0.364 e. The summed E-state index contributed by atoms with van der Waals surface area (Å²) >= 11 is 7.26. The summed E-state index contributed by atoms with van der Waals surface area (Å²) in [6.07, 6.45) is 0. The number of hydrogen-bond donors (Lipinski definition) is 1. The van der Waals surface area contributed by atoms with E-state index in [9.17, 15) is 4.79 Å². The van der Waals surface area contributed by atoms with Crippen LogP contribution in [0.15, 0.2) is 12.1 Å². The Morgan fingerprint density at radius 2 is 2.31 bits per heavy atom. The molecule has 2 N–H and O–H groups in total. The number of nitrogens with zero attached hydrogens (tertiary/aromatic N) is 1. The molecule has 13 heavy (non-hydrogen) atoms. The summed E-state index contributed by atoms with van der Waals surface area (Å²) in [5.41, 5.74) is 6.65. The molecular weight excluding hydrogens is 208 g/mol.